The lowest BCUT2D eigenvalue weighted by Crippen LogP contribution is -2.48. The van der Waals surface area contributed by atoms with E-state index >= 15 is 0 Å². The fourth-order valence-corrected chi connectivity index (χ4v) is 2.98. The number of aliphatic carboxylic acids is 1. The maximum absolute atomic E-state index is 12.3. The fraction of sp³-hybridized carbons (Fsp3) is 0.846. The van der Waals surface area contributed by atoms with Gasteiger partial charge in [-0.05, 0) is 31.6 Å². The van der Waals surface area contributed by atoms with Crippen LogP contribution in [0.15, 0.2) is 0 Å². The molecule has 2 aliphatic rings. The normalized spacial score (nSPS) is 27.6. The smallest absolute Gasteiger partial charge is 0.320 e. The molecule has 2 fully saturated rings. The van der Waals surface area contributed by atoms with E-state index in [9.17, 15) is 9.59 Å². The Balaban J connectivity index is 1.87. The Bertz CT molecular complexity index is 348. The second-order valence-corrected chi connectivity index (χ2v) is 5.52. The zero-order valence-corrected chi connectivity index (χ0v) is 11.1. The van der Waals surface area contributed by atoms with Gasteiger partial charge < -0.3 is 20.0 Å². The van der Waals surface area contributed by atoms with Gasteiger partial charge in [0.2, 0.25) is 0 Å². The third-order valence-corrected chi connectivity index (χ3v) is 4.13. The second kappa shape index (κ2) is 6.23. The van der Waals surface area contributed by atoms with Gasteiger partial charge in [0.25, 0.3) is 0 Å². The summed E-state index contributed by atoms with van der Waals surface area (Å²) in [6.45, 7) is 2.56. The number of carboxylic acids is 1. The Hall–Kier alpha value is -1.30. The third-order valence-electron chi connectivity index (χ3n) is 4.13. The summed E-state index contributed by atoms with van der Waals surface area (Å²) < 4.78 is 0. The minimum absolute atomic E-state index is 0.0358. The number of carbonyl (C=O) groups excluding carboxylic acids is 1. The zero-order valence-electron chi connectivity index (χ0n) is 11.1. The lowest BCUT2D eigenvalue weighted by Gasteiger charge is -2.33. The Kier molecular flexibility index (Phi) is 4.63. The van der Waals surface area contributed by atoms with Crippen molar-refractivity contribution < 1.29 is 19.8 Å². The predicted octanol–water partition coefficient (Wildman–Crippen LogP) is 0.607. The number of rotatable bonds is 3. The number of likely N-dealkylation sites (tertiary alicyclic amines) is 2. The van der Waals surface area contributed by atoms with Crippen LogP contribution in [0.1, 0.15) is 25.7 Å². The maximum atomic E-state index is 12.3. The first kappa shape index (κ1) is 14.1. The molecule has 2 rings (SSSR count). The molecule has 2 saturated heterocycles. The first-order valence-corrected chi connectivity index (χ1v) is 6.99. The van der Waals surface area contributed by atoms with E-state index < -0.39 is 11.9 Å². The van der Waals surface area contributed by atoms with E-state index in [1.54, 1.807) is 9.80 Å². The van der Waals surface area contributed by atoms with E-state index in [1.165, 1.54) is 0 Å². The van der Waals surface area contributed by atoms with E-state index in [0.29, 0.717) is 32.0 Å². The number of aliphatic hydroxyl groups is 1. The standard InChI is InChI=1S/C13H22N2O4/c16-7-4-10-3-6-15(8-10)13(19)14-5-1-2-11(9-14)12(17)18/h10-11,16H,1-9H2,(H,17,18). The second-order valence-electron chi connectivity index (χ2n) is 5.52. The lowest BCUT2D eigenvalue weighted by atomic mass is 9.99. The number of aliphatic hydroxyl groups excluding tert-OH is 1. The molecular weight excluding hydrogens is 248 g/mol. The topological polar surface area (TPSA) is 81.1 Å². The van der Waals surface area contributed by atoms with Crippen molar-refractivity contribution in [1.82, 2.24) is 9.80 Å². The van der Waals surface area contributed by atoms with Gasteiger partial charge >= 0.3 is 12.0 Å². The van der Waals surface area contributed by atoms with Crippen molar-refractivity contribution in [3.63, 3.8) is 0 Å². The van der Waals surface area contributed by atoms with Gasteiger partial charge in [0.05, 0.1) is 5.92 Å². The van der Waals surface area contributed by atoms with Crippen LogP contribution in [0.2, 0.25) is 0 Å². The highest BCUT2D eigenvalue weighted by molar-refractivity contribution is 5.77. The number of nitrogens with zero attached hydrogens (tertiary/aromatic N) is 2. The van der Waals surface area contributed by atoms with E-state index in [1.807, 2.05) is 0 Å². The molecule has 0 saturated carbocycles. The predicted molar refractivity (Wildman–Crippen MR) is 68.7 cm³/mol. The van der Waals surface area contributed by atoms with Crippen LogP contribution in [0.4, 0.5) is 4.79 Å². The summed E-state index contributed by atoms with van der Waals surface area (Å²) in [5, 5.41) is 18.0. The van der Waals surface area contributed by atoms with Crippen LogP contribution in [0.3, 0.4) is 0 Å². The van der Waals surface area contributed by atoms with Crippen LogP contribution in [0, 0.1) is 11.8 Å². The molecule has 6 nitrogen and oxygen atoms in total. The van der Waals surface area contributed by atoms with Gasteiger partial charge in [-0.25, -0.2) is 4.79 Å². The number of urea groups is 1. The Morgan fingerprint density at radius 3 is 2.53 bits per heavy atom. The monoisotopic (exact) mass is 270 g/mol. The zero-order chi connectivity index (χ0) is 13.8. The molecule has 0 spiro atoms. The van der Waals surface area contributed by atoms with Crippen molar-refractivity contribution in [2.24, 2.45) is 11.8 Å². The highest BCUT2D eigenvalue weighted by Crippen LogP contribution is 2.23. The molecule has 0 aromatic heterocycles. The molecule has 6 heteroatoms. The molecule has 0 bridgehead atoms. The number of carbonyl (C=O) groups is 2. The van der Waals surface area contributed by atoms with Gasteiger partial charge in [-0.15, -0.1) is 0 Å². The average molecular weight is 270 g/mol. The number of hydrogen-bond acceptors (Lipinski definition) is 3. The van der Waals surface area contributed by atoms with Gasteiger partial charge in [0.15, 0.2) is 0 Å². The minimum Gasteiger partial charge on any atom is -0.481 e. The van der Waals surface area contributed by atoms with Crippen molar-refractivity contribution >= 4 is 12.0 Å². The SMILES string of the molecule is O=C(O)C1CCCN(C(=O)N2CCC(CCO)C2)C1. The molecule has 2 heterocycles. The highest BCUT2D eigenvalue weighted by atomic mass is 16.4. The molecule has 2 aliphatic heterocycles. The summed E-state index contributed by atoms with van der Waals surface area (Å²) in [5.41, 5.74) is 0. The summed E-state index contributed by atoms with van der Waals surface area (Å²) in [6, 6.07) is -0.0358. The van der Waals surface area contributed by atoms with Crippen LogP contribution in [-0.4, -0.2) is 64.8 Å². The number of hydrogen-bond donors (Lipinski definition) is 2. The molecule has 108 valence electrons. The fourth-order valence-electron chi connectivity index (χ4n) is 2.98. The van der Waals surface area contributed by atoms with Crippen LogP contribution >= 0.6 is 0 Å². The van der Waals surface area contributed by atoms with Crippen molar-refractivity contribution in [3.8, 4) is 0 Å². The van der Waals surface area contributed by atoms with E-state index in [0.717, 1.165) is 25.8 Å². The average Bonchev–Trinajstić information content (AvgIpc) is 2.87. The third kappa shape index (κ3) is 3.37. The summed E-state index contributed by atoms with van der Waals surface area (Å²) in [4.78, 5) is 26.8. The quantitative estimate of drug-likeness (QED) is 0.787. The van der Waals surface area contributed by atoms with Crippen LogP contribution in [0.5, 0.6) is 0 Å². The van der Waals surface area contributed by atoms with E-state index in [-0.39, 0.29) is 12.6 Å². The van der Waals surface area contributed by atoms with Gasteiger partial charge in [-0.3, -0.25) is 4.79 Å². The molecule has 0 aliphatic carbocycles. The van der Waals surface area contributed by atoms with E-state index in [2.05, 4.69) is 0 Å². The molecular formula is C13H22N2O4. The van der Waals surface area contributed by atoms with Crippen molar-refractivity contribution in [2.75, 3.05) is 32.8 Å². The minimum atomic E-state index is -0.808. The molecule has 0 aromatic carbocycles. The molecule has 2 unspecified atom stereocenters. The Morgan fingerprint density at radius 2 is 1.84 bits per heavy atom. The van der Waals surface area contributed by atoms with Gasteiger partial charge in [-0.2, -0.15) is 0 Å². The summed E-state index contributed by atoms with van der Waals surface area (Å²) in [7, 11) is 0. The maximum Gasteiger partial charge on any atom is 0.320 e. The van der Waals surface area contributed by atoms with Crippen LogP contribution < -0.4 is 0 Å². The Labute approximate surface area is 113 Å². The number of piperidine rings is 1. The molecule has 2 amide bonds. The van der Waals surface area contributed by atoms with Crippen molar-refractivity contribution in [1.29, 1.82) is 0 Å². The number of carboxylic acid groups (broad SMARTS) is 1. The first-order valence-electron chi connectivity index (χ1n) is 6.99. The summed E-state index contributed by atoms with van der Waals surface area (Å²) in [5.74, 6) is -0.848. The largest absolute Gasteiger partial charge is 0.481 e. The molecule has 19 heavy (non-hydrogen) atoms. The summed E-state index contributed by atoms with van der Waals surface area (Å²) in [6.07, 6.45) is 3.09. The van der Waals surface area contributed by atoms with Crippen LogP contribution in [-0.2, 0) is 4.79 Å². The molecule has 2 atom stereocenters. The molecule has 2 N–H and O–H groups in total. The lowest BCUT2D eigenvalue weighted by molar-refractivity contribution is -0.143. The van der Waals surface area contributed by atoms with Gasteiger partial charge in [0, 0.05) is 32.8 Å². The van der Waals surface area contributed by atoms with E-state index in [4.69, 9.17) is 10.2 Å². The molecule has 0 radical (unpaired) electrons. The van der Waals surface area contributed by atoms with Gasteiger partial charge in [-0.1, -0.05) is 0 Å². The van der Waals surface area contributed by atoms with Gasteiger partial charge in [0.1, 0.15) is 0 Å². The molecule has 0 aromatic rings. The number of amides is 2. The first-order chi connectivity index (χ1) is 9.11. The summed E-state index contributed by atoms with van der Waals surface area (Å²) >= 11 is 0. The van der Waals surface area contributed by atoms with Crippen molar-refractivity contribution in [2.45, 2.75) is 25.7 Å². The van der Waals surface area contributed by atoms with Crippen LogP contribution in [0.25, 0.3) is 0 Å². The Morgan fingerprint density at radius 1 is 1.11 bits per heavy atom. The highest BCUT2D eigenvalue weighted by Gasteiger charge is 2.33. The van der Waals surface area contributed by atoms with Crippen molar-refractivity contribution in [3.05, 3.63) is 0 Å².